The first-order valence-electron chi connectivity index (χ1n) is 5.95. The van der Waals surface area contributed by atoms with Crippen LogP contribution in [0.5, 0.6) is 0 Å². The van der Waals surface area contributed by atoms with Gasteiger partial charge in [0.15, 0.2) is 0 Å². The Labute approximate surface area is 117 Å². The van der Waals surface area contributed by atoms with Crippen molar-refractivity contribution in [2.75, 3.05) is 11.1 Å². The quantitative estimate of drug-likeness (QED) is 0.843. The lowest BCUT2D eigenvalue weighted by Crippen LogP contribution is -2.14. The molecule has 0 aliphatic heterocycles. The van der Waals surface area contributed by atoms with Crippen molar-refractivity contribution in [1.29, 1.82) is 0 Å². The summed E-state index contributed by atoms with van der Waals surface area (Å²) in [6.45, 7) is 2.00. The summed E-state index contributed by atoms with van der Waals surface area (Å²) in [7, 11) is 0. The number of nitrogen functional groups attached to an aromatic ring is 1. The molecule has 98 valence electrons. The van der Waals surface area contributed by atoms with Crippen LogP contribution in [-0.2, 0) is 11.2 Å². The van der Waals surface area contributed by atoms with Gasteiger partial charge >= 0.3 is 0 Å². The lowest BCUT2D eigenvalue weighted by atomic mass is 10.1. The number of nitrogens with two attached hydrogens (primary N) is 1. The summed E-state index contributed by atoms with van der Waals surface area (Å²) in [6, 6.07) is 12.9. The molecule has 0 unspecified atom stereocenters. The highest BCUT2D eigenvalue weighted by Crippen LogP contribution is 2.22. The van der Waals surface area contributed by atoms with Crippen LogP contribution in [0, 0.1) is 6.92 Å². The van der Waals surface area contributed by atoms with Crippen molar-refractivity contribution in [2.45, 2.75) is 13.3 Å². The zero-order valence-electron chi connectivity index (χ0n) is 10.6. The van der Waals surface area contributed by atoms with Crippen LogP contribution >= 0.6 is 11.6 Å². The Morgan fingerprint density at radius 3 is 2.74 bits per heavy atom. The van der Waals surface area contributed by atoms with Crippen LogP contribution < -0.4 is 11.1 Å². The van der Waals surface area contributed by atoms with Gasteiger partial charge in [0.05, 0.1) is 17.1 Å². The lowest BCUT2D eigenvalue weighted by molar-refractivity contribution is -0.115. The second-order valence-electron chi connectivity index (χ2n) is 4.45. The van der Waals surface area contributed by atoms with Gasteiger partial charge in [0.2, 0.25) is 5.91 Å². The normalized spacial score (nSPS) is 10.2. The zero-order valence-corrected chi connectivity index (χ0v) is 11.4. The minimum absolute atomic E-state index is 0.0774. The number of halogens is 1. The number of hydrogen-bond acceptors (Lipinski definition) is 2. The summed E-state index contributed by atoms with van der Waals surface area (Å²) in [6.07, 6.45) is 0.337. The van der Waals surface area contributed by atoms with Crippen LogP contribution in [0.1, 0.15) is 11.1 Å². The van der Waals surface area contributed by atoms with Gasteiger partial charge < -0.3 is 11.1 Å². The maximum absolute atomic E-state index is 11.9. The van der Waals surface area contributed by atoms with Crippen molar-refractivity contribution in [3.8, 4) is 0 Å². The van der Waals surface area contributed by atoms with Crippen molar-refractivity contribution in [3.05, 3.63) is 58.6 Å². The van der Waals surface area contributed by atoms with E-state index in [4.69, 9.17) is 17.3 Å². The van der Waals surface area contributed by atoms with Crippen molar-refractivity contribution in [1.82, 2.24) is 0 Å². The molecule has 19 heavy (non-hydrogen) atoms. The highest BCUT2D eigenvalue weighted by atomic mass is 35.5. The molecule has 3 nitrogen and oxygen atoms in total. The average Bonchev–Trinajstić information content (AvgIpc) is 2.34. The molecule has 0 atom stereocenters. The van der Waals surface area contributed by atoms with E-state index < -0.39 is 0 Å². The number of carbonyl (C=O) groups excluding carboxylic acids is 1. The number of rotatable bonds is 3. The summed E-state index contributed by atoms with van der Waals surface area (Å²) in [5.41, 5.74) is 8.89. The van der Waals surface area contributed by atoms with Gasteiger partial charge in [-0.3, -0.25) is 4.79 Å². The number of carbonyl (C=O) groups is 1. The predicted molar refractivity (Wildman–Crippen MR) is 79.4 cm³/mol. The number of nitrogens with one attached hydrogen (secondary N) is 1. The molecule has 2 aromatic rings. The number of hydrogen-bond donors (Lipinski definition) is 2. The largest absolute Gasteiger partial charge is 0.398 e. The topological polar surface area (TPSA) is 55.1 Å². The predicted octanol–water partition coefficient (Wildman–Crippen LogP) is 3.41. The Morgan fingerprint density at radius 1 is 1.26 bits per heavy atom. The molecule has 0 aromatic heterocycles. The third-order valence-corrected chi connectivity index (χ3v) is 3.06. The van der Waals surface area contributed by atoms with Gasteiger partial charge in [0.1, 0.15) is 0 Å². The number of benzene rings is 2. The summed E-state index contributed by atoms with van der Waals surface area (Å²) >= 11 is 5.90. The standard InChI is InChI=1S/C15H15ClN2O/c1-10-3-2-4-11(7-10)8-15(19)18-12-5-6-14(17)13(16)9-12/h2-7,9H,8,17H2,1H3,(H,18,19). The highest BCUT2D eigenvalue weighted by Gasteiger charge is 2.05. The van der Waals surface area contributed by atoms with Gasteiger partial charge in [-0.1, -0.05) is 41.4 Å². The Morgan fingerprint density at radius 2 is 2.05 bits per heavy atom. The maximum atomic E-state index is 11.9. The van der Waals surface area contributed by atoms with Crippen LogP contribution in [0.2, 0.25) is 5.02 Å². The van der Waals surface area contributed by atoms with E-state index in [1.165, 1.54) is 0 Å². The molecule has 3 N–H and O–H groups in total. The summed E-state index contributed by atoms with van der Waals surface area (Å²) < 4.78 is 0. The van der Waals surface area contributed by atoms with E-state index >= 15 is 0 Å². The minimum Gasteiger partial charge on any atom is -0.398 e. The molecule has 2 rings (SSSR count). The van der Waals surface area contributed by atoms with Gasteiger partial charge in [0, 0.05) is 5.69 Å². The first kappa shape index (κ1) is 13.4. The van der Waals surface area contributed by atoms with Crippen LogP contribution in [0.4, 0.5) is 11.4 Å². The maximum Gasteiger partial charge on any atom is 0.228 e. The second-order valence-corrected chi connectivity index (χ2v) is 4.86. The summed E-state index contributed by atoms with van der Waals surface area (Å²) in [5.74, 6) is -0.0774. The minimum atomic E-state index is -0.0774. The Balaban J connectivity index is 2.03. The molecule has 0 saturated carbocycles. The van der Waals surface area contributed by atoms with E-state index in [-0.39, 0.29) is 5.91 Å². The van der Waals surface area contributed by atoms with Gasteiger partial charge in [-0.2, -0.15) is 0 Å². The van der Waals surface area contributed by atoms with Crippen LogP contribution in [0.15, 0.2) is 42.5 Å². The van der Waals surface area contributed by atoms with E-state index in [1.54, 1.807) is 18.2 Å². The van der Waals surface area contributed by atoms with Crippen LogP contribution in [-0.4, -0.2) is 5.91 Å². The number of aryl methyl sites for hydroxylation is 1. The summed E-state index contributed by atoms with van der Waals surface area (Å²) in [5, 5.41) is 3.24. The average molecular weight is 275 g/mol. The third kappa shape index (κ3) is 3.73. The van der Waals surface area contributed by atoms with E-state index in [2.05, 4.69) is 5.32 Å². The summed E-state index contributed by atoms with van der Waals surface area (Å²) in [4.78, 5) is 11.9. The Kier molecular flexibility index (Phi) is 4.07. The van der Waals surface area contributed by atoms with Crippen molar-refractivity contribution in [2.24, 2.45) is 0 Å². The molecule has 0 saturated heterocycles. The fourth-order valence-electron chi connectivity index (χ4n) is 1.82. The number of amides is 1. The Hall–Kier alpha value is -2.00. The molecule has 0 fully saturated rings. The molecule has 2 aromatic carbocycles. The molecule has 4 heteroatoms. The number of anilines is 2. The lowest BCUT2D eigenvalue weighted by Gasteiger charge is -2.07. The molecule has 0 spiro atoms. The van der Waals surface area contributed by atoms with E-state index in [9.17, 15) is 4.79 Å². The van der Waals surface area contributed by atoms with Gasteiger partial charge in [0.25, 0.3) is 0 Å². The van der Waals surface area contributed by atoms with Crippen LogP contribution in [0.3, 0.4) is 0 Å². The molecule has 0 aliphatic carbocycles. The third-order valence-electron chi connectivity index (χ3n) is 2.73. The van der Waals surface area contributed by atoms with Gasteiger partial charge in [-0.25, -0.2) is 0 Å². The second kappa shape index (κ2) is 5.76. The molecule has 0 aliphatic rings. The first-order valence-corrected chi connectivity index (χ1v) is 6.33. The van der Waals surface area contributed by atoms with Crippen molar-refractivity contribution < 1.29 is 4.79 Å². The molecular formula is C15H15ClN2O. The van der Waals surface area contributed by atoms with E-state index in [0.717, 1.165) is 11.1 Å². The van der Waals surface area contributed by atoms with Crippen LogP contribution in [0.25, 0.3) is 0 Å². The molecule has 0 radical (unpaired) electrons. The Bertz CT molecular complexity index is 611. The first-order chi connectivity index (χ1) is 9.04. The SMILES string of the molecule is Cc1cccc(CC(=O)Nc2ccc(N)c(Cl)c2)c1. The molecule has 0 heterocycles. The van der Waals surface area contributed by atoms with Crippen molar-refractivity contribution in [3.63, 3.8) is 0 Å². The molecule has 1 amide bonds. The highest BCUT2D eigenvalue weighted by molar-refractivity contribution is 6.33. The van der Waals surface area contributed by atoms with E-state index in [0.29, 0.717) is 22.8 Å². The van der Waals surface area contributed by atoms with Gasteiger partial charge in [-0.15, -0.1) is 0 Å². The smallest absolute Gasteiger partial charge is 0.228 e. The van der Waals surface area contributed by atoms with Gasteiger partial charge in [-0.05, 0) is 30.7 Å². The zero-order chi connectivity index (χ0) is 13.8. The fraction of sp³-hybridized carbons (Fsp3) is 0.133. The fourth-order valence-corrected chi connectivity index (χ4v) is 2.00. The monoisotopic (exact) mass is 274 g/mol. The van der Waals surface area contributed by atoms with E-state index in [1.807, 2.05) is 31.2 Å². The molecule has 0 bridgehead atoms. The molecular weight excluding hydrogens is 260 g/mol. The van der Waals surface area contributed by atoms with Crippen molar-refractivity contribution >= 4 is 28.9 Å².